The van der Waals surface area contributed by atoms with Crippen molar-refractivity contribution in [2.75, 3.05) is 6.61 Å². The van der Waals surface area contributed by atoms with E-state index in [4.69, 9.17) is 32.7 Å². The summed E-state index contributed by atoms with van der Waals surface area (Å²) in [6.07, 6.45) is 0.0428. The third-order valence-corrected chi connectivity index (χ3v) is 6.39. The summed E-state index contributed by atoms with van der Waals surface area (Å²) in [7, 11) is 0. The van der Waals surface area contributed by atoms with E-state index in [2.05, 4.69) is 16.0 Å². The second kappa shape index (κ2) is 17.5. The predicted octanol–water partition coefficient (Wildman–Crippen LogP) is 6.01. The first kappa shape index (κ1) is 33.0. The van der Waals surface area contributed by atoms with E-state index in [0.717, 1.165) is 16.7 Å². The van der Waals surface area contributed by atoms with Gasteiger partial charge in [-0.15, -0.1) is 0 Å². The van der Waals surface area contributed by atoms with Crippen LogP contribution >= 0.6 is 23.2 Å². The molecule has 2 rings (SSSR count). The highest BCUT2D eigenvalue weighted by atomic mass is 35.5. The molecule has 0 aliphatic carbocycles. The number of alkyl carbamates (subject to hydrolysis) is 1. The fourth-order valence-corrected chi connectivity index (χ4v) is 4.08. The topological polar surface area (TPSA) is 106 Å². The van der Waals surface area contributed by atoms with Crippen LogP contribution < -0.4 is 16.0 Å². The summed E-state index contributed by atoms with van der Waals surface area (Å²) in [5.41, 5.74) is 2.72. The Bertz CT molecular complexity index is 1100. The van der Waals surface area contributed by atoms with E-state index < -0.39 is 30.1 Å². The molecule has 2 aromatic rings. The molecule has 0 spiro atoms. The van der Waals surface area contributed by atoms with E-state index in [-0.39, 0.29) is 36.2 Å². The Morgan fingerprint density at radius 3 is 1.85 bits per heavy atom. The van der Waals surface area contributed by atoms with Crippen LogP contribution in [0.1, 0.15) is 57.7 Å². The van der Waals surface area contributed by atoms with Crippen molar-refractivity contribution < 1.29 is 23.9 Å². The molecule has 0 aliphatic heterocycles. The number of hydrogen-bond donors (Lipinski definition) is 3. The van der Waals surface area contributed by atoms with Crippen molar-refractivity contribution in [3.8, 4) is 0 Å². The van der Waals surface area contributed by atoms with E-state index in [1.807, 2.05) is 88.4 Å². The molecule has 2 aromatic carbocycles. The third-order valence-electron chi connectivity index (χ3n) is 5.86. The minimum absolute atomic E-state index is 0.00867. The first-order valence-electron chi connectivity index (χ1n) is 13.3. The van der Waals surface area contributed by atoms with Crippen molar-refractivity contribution in [1.29, 1.82) is 0 Å². The van der Waals surface area contributed by atoms with Gasteiger partial charge in [-0.1, -0.05) is 100.0 Å². The van der Waals surface area contributed by atoms with Crippen molar-refractivity contribution >= 4 is 41.1 Å². The number of nitrogens with one attached hydrogen (secondary N) is 3. The summed E-state index contributed by atoms with van der Waals surface area (Å²) in [5.74, 6) is -0.655. The van der Waals surface area contributed by atoms with Crippen molar-refractivity contribution in [2.24, 2.45) is 11.8 Å². The van der Waals surface area contributed by atoms with Crippen LogP contribution in [0.3, 0.4) is 0 Å². The predicted molar refractivity (Wildman–Crippen MR) is 157 cm³/mol. The van der Waals surface area contributed by atoms with E-state index in [9.17, 15) is 14.4 Å². The molecule has 0 saturated carbocycles. The standard InChI is InChI=1S/C30H39Cl2N3O5/c1-20(2)15-24(28(36)34-26(19-39-27(32)17-31)23-13-9-6-10-14-23)33-29(37)25(16-21(3)4)35-30(38)40-18-22-11-7-5-8-12-22/h5-14,17,20-21,24-26H,15-16,18-19H2,1-4H3,(H,33,37)(H,34,36)(H,35,38)/b27-17-/t24-,25-,26+/m0/s1. The van der Waals surface area contributed by atoms with Crippen LogP contribution in [-0.4, -0.2) is 36.6 Å². The SMILES string of the molecule is CC(C)C[C@H](NC(=O)OCc1ccccc1)C(=O)N[C@@H](CC(C)C)C(=O)N[C@H](CO/C(Cl)=C\Cl)c1ccccc1. The van der Waals surface area contributed by atoms with Gasteiger partial charge in [-0.25, -0.2) is 4.79 Å². The van der Waals surface area contributed by atoms with Crippen molar-refractivity contribution in [3.05, 3.63) is 82.5 Å². The van der Waals surface area contributed by atoms with Gasteiger partial charge in [-0.3, -0.25) is 9.59 Å². The van der Waals surface area contributed by atoms with Crippen LogP contribution in [0.5, 0.6) is 0 Å². The van der Waals surface area contributed by atoms with Crippen molar-refractivity contribution in [2.45, 2.75) is 65.3 Å². The molecule has 0 unspecified atom stereocenters. The van der Waals surface area contributed by atoms with Crippen LogP contribution in [0.2, 0.25) is 0 Å². The Balaban J connectivity index is 2.13. The maximum atomic E-state index is 13.5. The Morgan fingerprint density at radius 2 is 1.30 bits per heavy atom. The molecule has 0 fully saturated rings. The molecule has 40 heavy (non-hydrogen) atoms. The number of benzene rings is 2. The second-order valence-electron chi connectivity index (χ2n) is 10.3. The first-order chi connectivity index (χ1) is 19.1. The normalized spacial score (nSPS) is 13.8. The Hall–Kier alpha value is -3.23. The number of carbonyl (C=O) groups is 3. The average Bonchev–Trinajstić information content (AvgIpc) is 2.93. The Labute approximate surface area is 246 Å². The number of rotatable bonds is 15. The highest BCUT2D eigenvalue weighted by Crippen LogP contribution is 2.18. The van der Waals surface area contributed by atoms with Gasteiger partial charge in [0, 0.05) is 0 Å². The van der Waals surface area contributed by atoms with Gasteiger partial charge < -0.3 is 25.4 Å². The molecule has 3 atom stereocenters. The molecule has 0 aliphatic rings. The molecule has 3 amide bonds. The van der Waals surface area contributed by atoms with Crippen LogP contribution in [0.25, 0.3) is 0 Å². The van der Waals surface area contributed by atoms with Crippen molar-refractivity contribution in [3.63, 3.8) is 0 Å². The summed E-state index contributed by atoms with van der Waals surface area (Å²) in [5, 5.41) is 8.46. The highest BCUT2D eigenvalue weighted by molar-refractivity contribution is 6.35. The molecule has 0 bridgehead atoms. The Morgan fingerprint density at radius 1 is 0.775 bits per heavy atom. The van der Waals surface area contributed by atoms with Gasteiger partial charge >= 0.3 is 6.09 Å². The van der Waals surface area contributed by atoms with E-state index in [1.165, 1.54) is 0 Å². The average molecular weight is 593 g/mol. The van der Waals surface area contributed by atoms with E-state index in [1.54, 1.807) is 0 Å². The molecule has 3 N–H and O–H groups in total. The number of amides is 3. The molecule has 0 radical (unpaired) electrons. The molecular formula is C30H39Cl2N3O5. The highest BCUT2D eigenvalue weighted by Gasteiger charge is 2.30. The van der Waals surface area contributed by atoms with Crippen LogP contribution in [0.15, 0.2) is 71.4 Å². The van der Waals surface area contributed by atoms with Crippen LogP contribution in [0.4, 0.5) is 4.79 Å². The molecule has 10 heteroatoms. The summed E-state index contributed by atoms with van der Waals surface area (Å²) in [6.45, 7) is 7.92. The zero-order chi connectivity index (χ0) is 29.5. The summed E-state index contributed by atoms with van der Waals surface area (Å²) >= 11 is 11.5. The number of carbonyl (C=O) groups excluding carboxylic acids is 3. The third kappa shape index (κ3) is 12.3. The van der Waals surface area contributed by atoms with Gasteiger partial charge in [0.1, 0.15) is 25.3 Å². The van der Waals surface area contributed by atoms with Gasteiger partial charge in [-0.2, -0.15) is 0 Å². The fourth-order valence-electron chi connectivity index (χ4n) is 3.96. The maximum Gasteiger partial charge on any atom is 0.408 e. The molecule has 0 saturated heterocycles. The van der Waals surface area contributed by atoms with Crippen LogP contribution in [-0.2, 0) is 25.7 Å². The maximum absolute atomic E-state index is 13.5. The summed E-state index contributed by atoms with van der Waals surface area (Å²) < 4.78 is 10.8. The molecule has 8 nitrogen and oxygen atoms in total. The van der Waals surface area contributed by atoms with E-state index >= 15 is 0 Å². The zero-order valence-electron chi connectivity index (χ0n) is 23.4. The van der Waals surface area contributed by atoms with Gasteiger partial charge in [0.15, 0.2) is 5.22 Å². The van der Waals surface area contributed by atoms with Gasteiger partial charge in [0.25, 0.3) is 0 Å². The zero-order valence-corrected chi connectivity index (χ0v) is 24.9. The number of hydrogen-bond acceptors (Lipinski definition) is 5. The lowest BCUT2D eigenvalue weighted by atomic mass is 9.99. The quantitative estimate of drug-likeness (QED) is 0.220. The fraction of sp³-hybridized carbons (Fsp3) is 0.433. The summed E-state index contributed by atoms with van der Waals surface area (Å²) in [4.78, 5) is 39.4. The molecule has 218 valence electrons. The smallest absolute Gasteiger partial charge is 0.408 e. The minimum Gasteiger partial charge on any atom is -0.480 e. The van der Waals surface area contributed by atoms with Gasteiger partial charge in [0.05, 0.1) is 11.6 Å². The summed E-state index contributed by atoms with van der Waals surface area (Å²) in [6, 6.07) is 16.2. The first-order valence-corrected chi connectivity index (χ1v) is 14.1. The van der Waals surface area contributed by atoms with E-state index in [0.29, 0.717) is 12.8 Å². The van der Waals surface area contributed by atoms with Gasteiger partial charge in [-0.05, 0) is 47.4 Å². The lowest BCUT2D eigenvalue weighted by Gasteiger charge is -2.27. The largest absolute Gasteiger partial charge is 0.480 e. The lowest BCUT2D eigenvalue weighted by molar-refractivity contribution is -0.131. The van der Waals surface area contributed by atoms with Crippen molar-refractivity contribution in [1.82, 2.24) is 16.0 Å². The second-order valence-corrected chi connectivity index (χ2v) is 10.9. The van der Waals surface area contributed by atoms with Crippen LogP contribution in [0, 0.1) is 11.8 Å². The monoisotopic (exact) mass is 591 g/mol. The number of ether oxygens (including phenoxy) is 2. The Kier molecular flexibility index (Phi) is 14.4. The number of halogens is 2. The molecule has 0 aromatic heterocycles. The molecular weight excluding hydrogens is 553 g/mol. The minimum atomic E-state index is -0.883. The molecule has 0 heterocycles. The lowest BCUT2D eigenvalue weighted by Crippen LogP contribution is -2.55. The van der Waals surface area contributed by atoms with Gasteiger partial charge in [0.2, 0.25) is 11.8 Å².